The van der Waals surface area contributed by atoms with E-state index in [2.05, 4.69) is 0 Å². The molecule has 2 aromatic carbocycles. The summed E-state index contributed by atoms with van der Waals surface area (Å²) in [5.41, 5.74) is 1.59. The third-order valence-corrected chi connectivity index (χ3v) is 7.19. The van der Waals surface area contributed by atoms with Crippen LogP contribution in [-0.2, 0) is 9.84 Å². The molecule has 0 radical (unpaired) electrons. The molecule has 1 aliphatic heterocycles. The van der Waals surface area contributed by atoms with Crippen LogP contribution in [0, 0.1) is 0 Å². The van der Waals surface area contributed by atoms with Crippen molar-refractivity contribution in [3.05, 3.63) is 70.3 Å². The molecule has 1 heterocycles. The zero-order chi connectivity index (χ0) is 20.1. The summed E-state index contributed by atoms with van der Waals surface area (Å²) in [6.45, 7) is 0.701. The van der Waals surface area contributed by atoms with Crippen molar-refractivity contribution in [2.24, 2.45) is 0 Å². The summed E-state index contributed by atoms with van der Waals surface area (Å²) in [6, 6.07) is 11.2. The lowest BCUT2D eigenvalue weighted by Gasteiger charge is -2.31. The lowest BCUT2D eigenvalue weighted by molar-refractivity contribution is 0.0725. The first kappa shape index (κ1) is 18.6. The maximum absolute atomic E-state index is 12.9. The van der Waals surface area contributed by atoms with E-state index >= 15 is 0 Å². The average molecular weight is 397 g/mol. The van der Waals surface area contributed by atoms with Crippen LogP contribution < -0.4 is 0 Å². The third kappa shape index (κ3) is 3.05. The number of hydrogen-bond donors (Lipinski definition) is 0. The van der Waals surface area contributed by atoms with Crippen LogP contribution >= 0.6 is 0 Å². The predicted octanol–water partition coefficient (Wildman–Crippen LogP) is 2.11. The molecule has 7 heteroatoms. The van der Waals surface area contributed by atoms with Crippen molar-refractivity contribution in [1.82, 2.24) is 4.90 Å². The van der Waals surface area contributed by atoms with Crippen LogP contribution in [0.2, 0.25) is 0 Å². The zero-order valence-electron chi connectivity index (χ0n) is 15.3. The number of nitrogens with zero attached hydrogens (tertiary/aromatic N) is 1. The molecule has 0 saturated carbocycles. The Hall–Kier alpha value is -2.80. The normalized spacial score (nSPS) is 17.2. The highest BCUT2D eigenvalue weighted by Crippen LogP contribution is 2.28. The van der Waals surface area contributed by atoms with Gasteiger partial charge in [-0.2, -0.15) is 0 Å². The van der Waals surface area contributed by atoms with E-state index in [9.17, 15) is 22.8 Å². The van der Waals surface area contributed by atoms with E-state index in [0.717, 1.165) is 0 Å². The van der Waals surface area contributed by atoms with Gasteiger partial charge in [-0.1, -0.05) is 24.3 Å². The van der Waals surface area contributed by atoms with Crippen molar-refractivity contribution in [3.63, 3.8) is 0 Å². The minimum atomic E-state index is -3.11. The molecule has 0 N–H and O–H groups in total. The minimum absolute atomic E-state index is 0.224. The molecule has 2 aromatic rings. The van der Waals surface area contributed by atoms with E-state index in [1.165, 1.54) is 18.4 Å². The Morgan fingerprint density at radius 2 is 1.43 bits per heavy atom. The van der Waals surface area contributed by atoms with Crippen LogP contribution in [0.15, 0.2) is 42.5 Å². The van der Waals surface area contributed by atoms with E-state index in [0.29, 0.717) is 48.2 Å². The van der Waals surface area contributed by atoms with Crippen LogP contribution in [0.1, 0.15) is 55.0 Å². The molecule has 0 aromatic heterocycles. The molecule has 1 amide bonds. The number of likely N-dealkylation sites (tertiary alicyclic amines) is 1. The van der Waals surface area contributed by atoms with Gasteiger partial charge in [0.2, 0.25) is 0 Å². The lowest BCUT2D eigenvalue weighted by Crippen LogP contribution is -2.42. The second-order valence-electron chi connectivity index (χ2n) is 7.29. The first-order valence-corrected chi connectivity index (χ1v) is 11.0. The predicted molar refractivity (Wildman–Crippen MR) is 104 cm³/mol. The van der Waals surface area contributed by atoms with Gasteiger partial charge in [-0.05, 0) is 31.0 Å². The Morgan fingerprint density at radius 1 is 0.893 bits per heavy atom. The average Bonchev–Trinajstić information content (AvgIpc) is 2.70. The highest BCUT2D eigenvalue weighted by Gasteiger charge is 2.32. The SMILES string of the molecule is CS(=O)(=O)C1CCN(C(=O)c2ccc3c(c2)C(=O)c2ccccc2C3=O)CC1. The number of amides is 1. The summed E-state index contributed by atoms with van der Waals surface area (Å²) < 4.78 is 23.4. The number of benzene rings is 2. The van der Waals surface area contributed by atoms with E-state index in [1.807, 2.05) is 0 Å². The fourth-order valence-electron chi connectivity index (χ4n) is 3.90. The number of sulfone groups is 1. The fourth-order valence-corrected chi connectivity index (χ4v) is 4.97. The number of carbonyl (C=O) groups excluding carboxylic acids is 3. The van der Waals surface area contributed by atoms with Crippen LogP contribution in [0.4, 0.5) is 0 Å². The third-order valence-electron chi connectivity index (χ3n) is 5.51. The topological polar surface area (TPSA) is 88.6 Å². The molecular formula is C21H19NO5S. The van der Waals surface area contributed by atoms with Gasteiger partial charge < -0.3 is 4.90 Å². The van der Waals surface area contributed by atoms with Gasteiger partial charge in [0.05, 0.1) is 5.25 Å². The monoisotopic (exact) mass is 397 g/mol. The number of piperidine rings is 1. The van der Waals surface area contributed by atoms with E-state index in [1.54, 1.807) is 35.2 Å². The summed E-state index contributed by atoms with van der Waals surface area (Å²) >= 11 is 0. The first-order chi connectivity index (χ1) is 13.3. The highest BCUT2D eigenvalue weighted by molar-refractivity contribution is 7.91. The van der Waals surface area contributed by atoms with Crippen molar-refractivity contribution in [1.29, 1.82) is 0 Å². The van der Waals surface area contributed by atoms with Crippen LogP contribution in [0.25, 0.3) is 0 Å². The quantitative estimate of drug-likeness (QED) is 0.661. The summed E-state index contributed by atoms with van der Waals surface area (Å²) in [5.74, 6) is -0.748. The van der Waals surface area contributed by atoms with Gasteiger partial charge in [0.1, 0.15) is 9.84 Å². The Morgan fingerprint density at radius 3 is 2.00 bits per heavy atom. The van der Waals surface area contributed by atoms with Gasteiger partial charge in [-0.25, -0.2) is 8.42 Å². The molecule has 4 rings (SSSR count). The van der Waals surface area contributed by atoms with E-state index < -0.39 is 15.1 Å². The number of rotatable bonds is 2. The fraction of sp³-hybridized carbons (Fsp3) is 0.286. The molecule has 1 fully saturated rings. The first-order valence-electron chi connectivity index (χ1n) is 9.08. The standard InChI is InChI=1S/C21H19NO5S/c1-28(26,27)14-8-10-22(11-9-14)21(25)13-6-7-17-18(12-13)20(24)16-5-3-2-4-15(16)19(17)23/h2-7,12,14H,8-11H2,1H3. The molecule has 144 valence electrons. The van der Waals surface area contributed by atoms with Crippen LogP contribution in [-0.4, -0.2) is 55.4 Å². The summed E-state index contributed by atoms with van der Waals surface area (Å²) in [6.07, 6.45) is 2.03. The minimum Gasteiger partial charge on any atom is -0.339 e. The molecular weight excluding hydrogens is 378 g/mol. The Kier molecular flexibility index (Phi) is 4.42. The lowest BCUT2D eigenvalue weighted by atomic mass is 9.83. The maximum atomic E-state index is 12.9. The van der Waals surface area contributed by atoms with Gasteiger partial charge >= 0.3 is 0 Å². The number of ketones is 2. The Balaban J connectivity index is 1.61. The molecule has 2 aliphatic rings. The molecule has 6 nitrogen and oxygen atoms in total. The summed E-state index contributed by atoms with van der Waals surface area (Å²) in [7, 11) is -3.11. The number of fused-ring (bicyclic) bond motifs is 2. The van der Waals surface area contributed by atoms with Crippen molar-refractivity contribution in [2.45, 2.75) is 18.1 Å². The van der Waals surface area contributed by atoms with Gasteiger partial charge in [-0.3, -0.25) is 14.4 Å². The van der Waals surface area contributed by atoms with Gasteiger partial charge in [-0.15, -0.1) is 0 Å². The Bertz CT molecular complexity index is 1110. The van der Waals surface area contributed by atoms with Crippen molar-refractivity contribution >= 4 is 27.3 Å². The largest absolute Gasteiger partial charge is 0.339 e. The molecule has 0 atom stereocenters. The van der Waals surface area contributed by atoms with Crippen molar-refractivity contribution in [2.75, 3.05) is 19.3 Å². The van der Waals surface area contributed by atoms with Gasteiger partial charge in [0.15, 0.2) is 11.6 Å². The summed E-state index contributed by atoms with van der Waals surface area (Å²) in [5, 5.41) is -0.421. The van der Waals surface area contributed by atoms with E-state index in [-0.39, 0.29) is 23.0 Å². The molecule has 0 unspecified atom stereocenters. The van der Waals surface area contributed by atoms with Crippen molar-refractivity contribution < 1.29 is 22.8 Å². The highest BCUT2D eigenvalue weighted by atomic mass is 32.2. The molecule has 0 spiro atoms. The number of hydrogen-bond acceptors (Lipinski definition) is 5. The Labute approximate surface area is 163 Å². The number of carbonyl (C=O) groups is 3. The second kappa shape index (κ2) is 6.67. The van der Waals surface area contributed by atoms with E-state index in [4.69, 9.17) is 0 Å². The maximum Gasteiger partial charge on any atom is 0.253 e. The molecule has 0 bridgehead atoms. The zero-order valence-corrected chi connectivity index (χ0v) is 16.2. The second-order valence-corrected chi connectivity index (χ2v) is 9.61. The molecule has 1 saturated heterocycles. The van der Waals surface area contributed by atoms with Crippen molar-refractivity contribution in [3.8, 4) is 0 Å². The van der Waals surface area contributed by atoms with Gasteiger partial charge in [0.25, 0.3) is 5.91 Å². The van der Waals surface area contributed by atoms with Crippen LogP contribution in [0.5, 0.6) is 0 Å². The van der Waals surface area contributed by atoms with Crippen LogP contribution in [0.3, 0.4) is 0 Å². The molecule has 28 heavy (non-hydrogen) atoms. The molecule has 1 aliphatic carbocycles. The smallest absolute Gasteiger partial charge is 0.253 e. The summed E-state index contributed by atoms with van der Waals surface area (Å²) in [4.78, 5) is 39.9. The van der Waals surface area contributed by atoms with Gasteiger partial charge in [0, 0.05) is 47.2 Å².